The van der Waals surface area contributed by atoms with Crippen molar-refractivity contribution >= 4 is 15.8 Å². The molecule has 2 N–H and O–H groups in total. The average molecular weight is 445 g/mol. The largest absolute Gasteiger partial charge is 0.495 e. The number of imidazole rings is 1. The van der Waals surface area contributed by atoms with Crippen molar-refractivity contribution in [3.05, 3.63) is 54.4 Å². The number of benzene rings is 1. The van der Waals surface area contributed by atoms with Gasteiger partial charge < -0.3 is 10.1 Å². The normalized spacial score (nSPS) is 12.0. The second-order valence-electron chi connectivity index (χ2n) is 8.05. The fraction of sp³-hybridized carbons (Fsp3) is 0.381. The maximum absolute atomic E-state index is 12.9. The lowest BCUT2D eigenvalue weighted by atomic mass is 9.87. The van der Waals surface area contributed by atoms with Gasteiger partial charge in [-0.1, -0.05) is 26.8 Å². The zero-order chi connectivity index (χ0) is 22.6. The van der Waals surface area contributed by atoms with Crippen molar-refractivity contribution in [1.29, 1.82) is 0 Å². The lowest BCUT2D eigenvalue weighted by molar-refractivity contribution is 0.401. The topological polar surface area (TPSA) is 111 Å². The van der Waals surface area contributed by atoms with Crippen LogP contribution in [-0.4, -0.2) is 48.1 Å². The third-order valence-corrected chi connectivity index (χ3v) is 6.25. The van der Waals surface area contributed by atoms with Gasteiger partial charge in [-0.3, -0.25) is 4.57 Å². The van der Waals surface area contributed by atoms with Gasteiger partial charge in [0.25, 0.3) is 0 Å². The van der Waals surface area contributed by atoms with Gasteiger partial charge in [-0.2, -0.15) is 0 Å². The monoisotopic (exact) mass is 444 g/mol. The second-order valence-corrected chi connectivity index (χ2v) is 9.78. The van der Waals surface area contributed by atoms with Crippen LogP contribution in [0.1, 0.15) is 32.2 Å². The van der Waals surface area contributed by atoms with E-state index in [9.17, 15) is 8.42 Å². The molecule has 2 aromatic heterocycles. The van der Waals surface area contributed by atoms with Crippen LogP contribution in [0.25, 0.3) is 5.82 Å². The highest BCUT2D eigenvalue weighted by atomic mass is 32.2. The summed E-state index contributed by atoms with van der Waals surface area (Å²) < 4.78 is 35.5. The number of rotatable bonds is 8. The van der Waals surface area contributed by atoms with Crippen molar-refractivity contribution in [1.82, 2.24) is 24.2 Å². The predicted molar refractivity (Wildman–Crippen MR) is 119 cm³/mol. The number of hydrogen-bond donors (Lipinski definition) is 2. The van der Waals surface area contributed by atoms with E-state index in [4.69, 9.17) is 4.74 Å². The van der Waals surface area contributed by atoms with E-state index in [0.29, 0.717) is 23.9 Å². The maximum Gasteiger partial charge on any atom is 0.244 e. The number of ether oxygens (including phenoxy) is 1. The summed E-state index contributed by atoms with van der Waals surface area (Å²) in [6.07, 6.45) is 4.96. The van der Waals surface area contributed by atoms with E-state index in [-0.39, 0.29) is 16.9 Å². The molecule has 0 aliphatic carbocycles. The van der Waals surface area contributed by atoms with Crippen molar-refractivity contribution in [2.75, 3.05) is 25.5 Å². The highest BCUT2D eigenvalue weighted by molar-refractivity contribution is 7.89. The molecule has 0 amide bonds. The maximum atomic E-state index is 12.9. The molecular weight excluding hydrogens is 416 g/mol. The Bertz CT molecular complexity index is 1150. The number of nitrogens with one attached hydrogen (secondary N) is 2. The summed E-state index contributed by atoms with van der Waals surface area (Å²) in [6.45, 7) is 8.50. The molecule has 9 nitrogen and oxygen atoms in total. The van der Waals surface area contributed by atoms with Gasteiger partial charge in [-0.25, -0.2) is 28.1 Å². The third-order valence-electron chi connectivity index (χ3n) is 4.77. The van der Waals surface area contributed by atoms with Gasteiger partial charge in [0.1, 0.15) is 34.4 Å². The molecule has 0 bridgehead atoms. The zero-order valence-electron chi connectivity index (χ0n) is 18.4. The molecule has 0 unspecified atom stereocenters. The number of aromatic nitrogens is 4. The Morgan fingerprint density at radius 2 is 1.87 bits per heavy atom. The molecule has 3 aromatic rings. The zero-order valence-corrected chi connectivity index (χ0v) is 19.2. The van der Waals surface area contributed by atoms with E-state index in [2.05, 4.69) is 25.0 Å². The van der Waals surface area contributed by atoms with Crippen LogP contribution in [0, 0.1) is 6.92 Å². The minimum atomic E-state index is -3.75. The first kappa shape index (κ1) is 22.7. The van der Waals surface area contributed by atoms with Crippen LogP contribution in [-0.2, 0) is 15.4 Å². The fourth-order valence-corrected chi connectivity index (χ4v) is 4.23. The number of nitrogens with zero attached hydrogens (tertiary/aromatic N) is 4. The van der Waals surface area contributed by atoms with Crippen LogP contribution in [0.15, 0.2) is 47.9 Å². The smallest absolute Gasteiger partial charge is 0.244 e. The van der Waals surface area contributed by atoms with E-state index in [1.54, 1.807) is 24.4 Å². The first-order valence-electron chi connectivity index (χ1n) is 9.86. The molecule has 166 valence electrons. The Morgan fingerprint density at radius 3 is 2.52 bits per heavy atom. The quantitative estimate of drug-likeness (QED) is 0.514. The van der Waals surface area contributed by atoms with Crippen molar-refractivity contribution in [2.24, 2.45) is 0 Å². The summed E-state index contributed by atoms with van der Waals surface area (Å²) >= 11 is 0. The summed E-state index contributed by atoms with van der Waals surface area (Å²) in [7, 11) is -2.29. The third kappa shape index (κ3) is 5.39. The van der Waals surface area contributed by atoms with E-state index >= 15 is 0 Å². The Morgan fingerprint density at radius 1 is 1.10 bits per heavy atom. The number of aryl methyl sites for hydroxylation is 1. The van der Waals surface area contributed by atoms with Gasteiger partial charge in [0.15, 0.2) is 0 Å². The van der Waals surface area contributed by atoms with Crippen LogP contribution in [0.2, 0.25) is 0 Å². The lowest BCUT2D eigenvalue weighted by Gasteiger charge is -2.21. The summed E-state index contributed by atoms with van der Waals surface area (Å²) in [4.78, 5) is 12.7. The summed E-state index contributed by atoms with van der Waals surface area (Å²) in [5, 5.41) is 3.11. The summed E-state index contributed by atoms with van der Waals surface area (Å²) in [5.74, 6) is 2.38. The van der Waals surface area contributed by atoms with E-state index in [1.165, 1.54) is 13.4 Å². The Hall–Kier alpha value is -2.98. The van der Waals surface area contributed by atoms with Gasteiger partial charge >= 0.3 is 0 Å². The van der Waals surface area contributed by atoms with Gasteiger partial charge in [0, 0.05) is 31.5 Å². The number of sulfonamides is 1. The van der Waals surface area contributed by atoms with Gasteiger partial charge in [-0.15, -0.1) is 0 Å². The van der Waals surface area contributed by atoms with Crippen LogP contribution in [0.5, 0.6) is 5.75 Å². The number of methoxy groups -OCH3 is 1. The van der Waals surface area contributed by atoms with E-state index in [1.807, 2.05) is 44.5 Å². The molecule has 0 radical (unpaired) electrons. The van der Waals surface area contributed by atoms with Crippen LogP contribution in [0.4, 0.5) is 5.82 Å². The molecule has 0 fully saturated rings. The van der Waals surface area contributed by atoms with Crippen LogP contribution < -0.4 is 14.8 Å². The van der Waals surface area contributed by atoms with E-state index in [0.717, 1.165) is 11.4 Å². The van der Waals surface area contributed by atoms with Gasteiger partial charge in [0.2, 0.25) is 10.0 Å². The average Bonchev–Trinajstić information content (AvgIpc) is 3.16. The Labute approximate surface area is 183 Å². The highest BCUT2D eigenvalue weighted by Crippen LogP contribution is 2.30. The minimum Gasteiger partial charge on any atom is -0.495 e. The standard InChI is InChI=1S/C21H28N6O3S/c1-15-22-10-11-27(15)20-13-19(24-14-25-20)23-8-9-26-31(28,29)18-12-16(21(2,3)4)6-7-17(18)30-5/h6-7,10-14,26H,8-9H2,1-5H3,(H,23,24,25). The Kier molecular flexibility index (Phi) is 6.61. The molecule has 0 aliphatic heterocycles. The predicted octanol–water partition coefficient (Wildman–Crippen LogP) is 2.67. The summed E-state index contributed by atoms with van der Waals surface area (Å²) in [5.41, 5.74) is 0.728. The Balaban J connectivity index is 1.66. The van der Waals surface area contributed by atoms with E-state index < -0.39 is 10.0 Å². The highest BCUT2D eigenvalue weighted by Gasteiger charge is 2.23. The first-order valence-corrected chi connectivity index (χ1v) is 11.3. The molecule has 3 rings (SSSR count). The van der Waals surface area contributed by atoms with Crippen molar-refractivity contribution in [2.45, 2.75) is 38.0 Å². The molecule has 0 atom stereocenters. The van der Waals surface area contributed by atoms with Crippen molar-refractivity contribution in [3.63, 3.8) is 0 Å². The van der Waals surface area contributed by atoms with Crippen LogP contribution in [0.3, 0.4) is 0 Å². The molecule has 10 heteroatoms. The van der Waals surface area contributed by atoms with Crippen molar-refractivity contribution < 1.29 is 13.2 Å². The SMILES string of the molecule is COc1ccc(C(C)(C)C)cc1S(=O)(=O)NCCNc1cc(-n2ccnc2C)ncn1. The van der Waals surface area contributed by atoms with Gasteiger partial charge in [0.05, 0.1) is 7.11 Å². The van der Waals surface area contributed by atoms with Crippen molar-refractivity contribution in [3.8, 4) is 11.6 Å². The number of anilines is 1. The first-order chi connectivity index (χ1) is 14.6. The molecule has 0 aliphatic rings. The minimum absolute atomic E-state index is 0.127. The molecule has 2 heterocycles. The second kappa shape index (κ2) is 9.03. The molecule has 1 aromatic carbocycles. The molecule has 0 spiro atoms. The van der Waals surface area contributed by atoms with Crippen LogP contribution >= 0.6 is 0 Å². The molecule has 0 saturated heterocycles. The molecule has 0 saturated carbocycles. The molecular formula is C21H28N6O3S. The lowest BCUT2D eigenvalue weighted by Crippen LogP contribution is -2.29. The number of hydrogen-bond acceptors (Lipinski definition) is 7. The van der Waals surface area contributed by atoms with Gasteiger partial charge in [-0.05, 0) is 30.0 Å². The molecule has 31 heavy (non-hydrogen) atoms. The summed E-state index contributed by atoms with van der Waals surface area (Å²) in [6, 6.07) is 7.01. The fourth-order valence-electron chi connectivity index (χ4n) is 3.00.